The number of carbonyl (C=O) groups is 1. The summed E-state index contributed by atoms with van der Waals surface area (Å²) in [4.78, 5) is 17.0. The van der Waals surface area contributed by atoms with E-state index >= 15 is 0 Å². The molecule has 0 fully saturated rings. The SMILES string of the molecule is COc1ccc(C(=O)NC2=NCCCC/C(c3ccccc3)=C\2)cc1. The maximum atomic E-state index is 12.5. The number of carbonyl (C=O) groups excluding carboxylic acids is 1. The van der Waals surface area contributed by atoms with E-state index in [0.717, 1.165) is 31.6 Å². The molecule has 2 aromatic rings. The van der Waals surface area contributed by atoms with Gasteiger partial charge in [0.15, 0.2) is 0 Å². The normalized spacial score (nSPS) is 16.7. The van der Waals surface area contributed by atoms with E-state index in [1.54, 1.807) is 31.4 Å². The summed E-state index contributed by atoms with van der Waals surface area (Å²) in [5, 5.41) is 2.93. The van der Waals surface area contributed by atoms with E-state index in [1.165, 1.54) is 11.1 Å². The number of aliphatic imine (C=N–C) groups is 1. The van der Waals surface area contributed by atoms with Gasteiger partial charge in [0, 0.05) is 12.1 Å². The number of ether oxygens (including phenoxy) is 1. The van der Waals surface area contributed by atoms with Gasteiger partial charge in [0.1, 0.15) is 11.6 Å². The molecule has 2 aromatic carbocycles. The van der Waals surface area contributed by atoms with Crippen molar-refractivity contribution in [2.45, 2.75) is 19.3 Å². The topological polar surface area (TPSA) is 50.7 Å². The lowest BCUT2D eigenvalue weighted by atomic mass is 9.98. The van der Waals surface area contributed by atoms with Gasteiger partial charge in [-0.05, 0) is 60.7 Å². The lowest BCUT2D eigenvalue weighted by molar-refractivity contribution is 0.0977. The number of nitrogens with one attached hydrogen (secondary N) is 1. The third kappa shape index (κ3) is 4.57. The van der Waals surface area contributed by atoms with Crippen LogP contribution < -0.4 is 10.1 Å². The van der Waals surface area contributed by atoms with E-state index in [9.17, 15) is 4.79 Å². The van der Waals surface area contributed by atoms with Crippen LogP contribution in [-0.2, 0) is 0 Å². The molecule has 0 aliphatic carbocycles. The number of hydrogen-bond acceptors (Lipinski definition) is 3. The summed E-state index contributed by atoms with van der Waals surface area (Å²) in [7, 11) is 1.61. The molecule has 128 valence electrons. The van der Waals surface area contributed by atoms with Gasteiger partial charge in [-0.25, -0.2) is 0 Å². The molecule has 25 heavy (non-hydrogen) atoms. The molecular weight excluding hydrogens is 312 g/mol. The Morgan fingerprint density at radius 1 is 1.04 bits per heavy atom. The van der Waals surface area contributed by atoms with Crippen LogP contribution >= 0.6 is 0 Å². The highest BCUT2D eigenvalue weighted by Crippen LogP contribution is 2.22. The van der Waals surface area contributed by atoms with E-state index in [0.29, 0.717) is 11.4 Å². The second-order valence-electron chi connectivity index (χ2n) is 5.94. The smallest absolute Gasteiger partial charge is 0.256 e. The van der Waals surface area contributed by atoms with Gasteiger partial charge in [-0.1, -0.05) is 30.3 Å². The molecule has 1 aliphatic rings. The Morgan fingerprint density at radius 3 is 2.52 bits per heavy atom. The summed E-state index contributed by atoms with van der Waals surface area (Å²) < 4.78 is 5.13. The third-order valence-corrected chi connectivity index (χ3v) is 4.19. The van der Waals surface area contributed by atoms with Crippen LogP contribution in [0.5, 0.6) is 5.75 Å². The van der Waals surface area contributed by atoms with Crippen molar-refractivity contribution < 1.29 is 9.53 Å². The molecule has 0 spiro atoms. The number of benzene rings is 2. The minimum atomic E-state index is -0.161. The maximum absolute atomic E-state index is 12.5. The molecule has 0 radical (unpaired) electrons. The van der Waals surface area contributed by atoms with Gasteiger partial charge >= 0.3 is 0 Å². The van der Waals surface area contributed by atoms with Crippen LogP contribution in [0.4, 0.5) is 0 Å². The molecule has 1 amide bonds. The minimum absolute atomic E-state index is 0.161. The van der Waals surface area contributed by atoms with Crippen molar-refractivity contribution in [2.75, 3.05) is 13.7 Å². The van der Waals surface area contributed by atoms with E-state index < -0.39 is 0 Å². The van der Waals surface area contributed by atoms with Crippen LogP contribution in [0.25, 0.3) is 5.57 Å². The van der Waals surface area contributed by atoms with Crippen LogP contribution in [-0.4, -0.2) is 25.4 Å². The minimum Gasteiger partial charge on any atom is -0.497 e. The predicted octanol–water partition coefficient (Wildman–Crippen LogP) is 4.09. The zero-order valence-corrected chi connectivity index (χ0v) is 14.4. The summed E-state index contributed by atoms with van der Waals surface area (Å²) in [6.45, 7) is 0.733. The number of allylic oxidation sites excluding steroid dienone is 1. The molecule has 1 N–H and O–H groups in total. The Labute approximate surface area is 148 Å². The average molecular weight is 334 g/mol. The zero-order valence-electron chi connectivity index (χ0n) is 14.4. The van der Waals surface area contributed by atoms with Crippen molar-refractivity contribution >= 4 is 17.3 Å². The Morgan fingerprint density at radius 2 is 1.80 bits per heavy atom. The van der Waals surface area contributed by atoms with Crippen molar-refractivity contribution in [3.63, 3.8) is 0 Å². The number of amides is 1. The Bertz CT molecular complexity index is 777. The van der Waals surface area contributed by atoms with Crippen molar-refractivity contribution in [2.24, 2.45) is 4.99 Å². The molecule has 3 rings (SSSR count). The number of methoxy groups -OCH3 is 1. The molecule has 4 nitrogen and oxygen atoms in total. The summed E-state index contributed by atoms with van der Waals surface area (Å²) >= 11 is 0. The molecule has 0 aromatic heterocycles. The number of rotatable bonds is 3. The van der Waals surface area contributed by atoms with Crippen LogP contribution in [0, 0.1) is 0 Å². The van der Waals surface area contributed by atoms with Crippen LogP contribution in [0.1, 0.15) is 35.2 Å². The monoisotopic (exact) mass is 334 g/mol. The Kier molecular flexibility index (Phi) is 5.62. The number of amidine groups is 1. The maximum Gasteiger partial charge on any atom is 0.256 e. The third-order valence-electron chi connectivity index (χ3n) is 4.19. The number of nitrogens with zero attached hydrogens (tertiary/aromatic N) is 1. The van der Waals surface area contributed by atoms with Gasteiger partial charge in [0.2, 0.25) is 0 Å². The standard InChI is InChI=1S/C21H22N2O2/c1-25-19-12-10-17(11-13-19)21(24)23-20-15-18(9-5-6-14-22-20)16-7-3-2-4-8-16/h2-4,7-8,10-13,15H,5-6,9,14H2,1H3,(H,22,23,24)/b18-15+. The van der Waals surface area contributed by atoms with Crippen molar-refractivity contribution in [3.8, 4) is 5.75 Å². The first kappa shape index (κ1) is 17.0. The summed E-state index contributed by atoms with van der Waals surface area (Å²) in [5.41, 5.74) is 2.96. The fourth-order valence-corrected chi connectivity index (χ4v) is 2.80. The van der Waals surface area contributed by atoms with Crippen LogP contribution in [0.15, 0.2) is 65.7 Å². The van der Waals surface area contributed by atoms with E-state index in [4.69, 9.17) is 4.74 Å². The molecule has 0 bridgehead atoms. The van der Waals surface area contributed by atoms with Crippen LogP contribution in [0.3, 0.4) is 0 Å². The fraction of sp³-hybridized carbons (Fsp3) is 0.238. The molecule has 0 unspecified atom stereocenters. The molecule has 0 saturated heterocycles. The lowest BCUT2D eigenvalue weighted by Gasteiger charge is -2.13. The molecule has 0 atom stereocenters. The van der Waals surface area contributed by atoms with Gasteiger partial charge < -0.3 is 10.1 Å². The highest BCUT2D eigenvalue weighted by molar-refractivity contribution is 6.12. The molecule has 0 saturated carbocycles. The first-order valence-corrected chi connectivity index (χ1v) is 8.52. The van der Waals surface area contributed by atoms with Gasteiger partial charge in [-0.15, -0.1) is 0 Å². The molecule has 1 heterocycles. The van der Waals surface area contributed by atoms with E-state index in [1.807, 2.05) is 24.3 Å². The molecule has 1 aliphatic heterocycles. The van der Waals surface area contributed by atoms with Crippen molar-refractivity contribution in [1.29, 1.82) is 0 Å². The number of hydrogen-bond donors (Lipinski definition) is 1. The zero-order chi connectivity index (χ0) is 17.5. The van der Waals surface area contributed by atoms with Crippen molar-refractivity contribution in [3.05, 3.63) is 71.8 Å². The molecular formula is C21H22N2O2. The quantitative estimate of drug-likeness (QED) is 0.919. The van der Waals surface area contributed by atoms with Gasteiger partial charge in [-0.2, -0.15) is 0 Å². The highest BCUT2D eigenvalue weighted by atomic mass is 16.5. The Hall–Kier alpha value is -2.88. The highest BCUT2D eigenvalue weighted by Gasteiger charge is 2.11. The van der Waals surface area contributed by atoms with E-state index in [2.05, 4.69) is 22.4 Å². The first-order valence-electron chi connectivity index (χ1n) is 8.52. The summed E-state index contributed by atoms with van der Waals surface area (Å²) in [6.07, 6.45) is 5.10. The van der Waals surface area contributed by atoms with E-state index in [-0.39, 0.29) is 5.91 Å². The summed E-state index contributed by atoms with van der Waals surface area (Å²) in [5.74, 6) is 1.19. The van der Waals surface area contributed by atoms with Crippen molar-refractivity contribution in [1.82, 2.24) is 5.32 Å². The Balaban J connectivity index is 1.79. The average Bonchev–Trinajstić information content (AvgIpc) is 2.64. The van der Waals surface area contributed by atoms with Gasteiger partial charge in [0.05, 0.1) is 7.11 Å². The van der Waals surface area contributed by atoms with Gasteiger partial charge in [-0.3, -0.25) is 9.79 Å². The first-order chi connectivity index (χ1) is 12.3. The lowest BCUT2D eigenvalue weighted by Crippen LogP contribution is -2.30. The largest absolute Gasteiger partial charge is 0.497 e. The second-order valence-corrected chi connectivity index (χ2v) is 5.94. The predicted molar refractivity (Wildman–Crippen MR) is 101 cm³/mol. The van der Waals surface area contributed by atoms with Crippen LogP contribution in [0.2, 0.25) is 0 Å². The summed E-state index contributed by atoms with van der Waals surface area (Å²) in [6, 6.07) is 17.3. The second kappa shape index (κ2) is 8.29. The van der Waals surface area contributed by atoms with Gasteiger partial charge in [0.25, 0.3) is 5.91 Å². The fourth-order valence-electron chi connectivity index (χ4n) is 2.80. The molecule has 4 heteroatoms.